The zero-order valence-corrected chi connectivity index (χ0v) is 22.2. The van der Waals surface area contributed by atoms with Crippen LogP contribution in [0.15, 0.2) is 36.4 Å². The summed E-state index contributed by atoms with van der Waals surface area (Å²) in [5.41, 5.74) is 0.415. The summed E-state index contributed by atoms with van der Waals surface area (Å²) in [5.74, 6) is -2.37. The van der Waals surface area contributed by atoms with E-state index in [0.717, 1.165) is 17.7 Å². The van der Waals surface area contributed by atoms with Crippen LogP contribution in [0.1, 0.15) is 35.7 Å². The molecule has 1 aliphatic carbocycles. The third-order valence-electron chi connectivity index (χ3n) is 7.60. The number of phenolic OH excluding ortho intramolecular Hbond substituents is 3. The minimum absolute atomic E-state index is 0.0568. The van der Waals surface area contributed by atoms with Crippen molar-refractivity contribution in [2.75, 3.05) is 6.61 Å². The Morgan fingerprint density at radius 1 is 0.902 bits per heavy atom. The van der Waals surface area contributed by atoms with E-state index < -0.39 is 84.9 Å². The molecule has 41 heavy (non-hydrogen) atoms. The first-order valence-corrected chi connectivity index (χ1v) is 13.3. The van der Waals surface area contributed by atoms with Gasteiger partial charge in [-0.3, -0.25) is 4.79 Å². The number of ketones is 1. The molecule has 2 aliphatic rings. The van der Waals surface area contributed by atoms with Crippen LogP contribution in [-0.2, 0) is 15.9 Å². The molecule has 1 saturated carbocycles. The molecule has 0 spiro atoms. The Balaban J connectivity index is 1.52. The van der Waals surface area contributed by atoms with Gasteiger partial charge in [-0.25, -0.2) is 0 Å². The molecule has 0 aromatic heterocycles. The van der Waals surface area contributed by atoms with Crippen LogP contribution in [0.3, 0.4) is 0 Å². The predicted molar refractivity (Wildman–Crippen MR) is 139 cm³/mol. The topological polar surface area (TPSA) is 227 Å². The molecule has 0 radical (unpaired) electrons. The molecular weight excluding hydrogens is 544 g/mol. The van der Waals surface area contributed by atoms with Crippen molar-refractivity contribution in [2.45, 2.75) is 81.3 Å². The summed E-state index contributed by atoms with van der Waals surface area (Å²) in [4.78, 5) is 12.8. The summed E-state index contributed by atoms with van der Waals surface area (Å²) in [5, 5.41) is 92.0. The van der Waals surface area contributed by atoms with Crippen molar-refractivity contribution < 1.29 is 65.0 Å². The fraction of sp³-hybridized carbons (Fsp3) is 0.536. The van der Waals surface area contributed by atoms with Crippen LogP contribution in [0.2, 0.25) is 0 Å². The fourth-order valence-corrected chi connectivity index (χ4v) is 5.16. The lowest BCUT2D eigenvalue weighted by atomic mass is 9.81. The number of carbonyl (C=O) groups excluding carboxylic acids is 1. The van der Waals surface area contributed by atoms with Crippen molar-refractivity contribution in [3.8, 4) is 23.0 Å². The smallest absolute Gasteiger partial charge is 0.229 e. The predicted octanol–water partition coefficient (Wildman–Crippen LogP) is -0.687. The van der Waals surface area contributed by atoms with Gasteiger partial charge < -0.3 is 60.2 Å². The summed E-state index contributed by atoms with van der Waals surface area (Å²) in [6.07, 6.45) is -12.7. The highest BCUT2D eigenvalue weighted by molar-refractivity contribution is 6.01. The highest BCUT2D eigenvalue weighted by Gasteiger charge is 2.50. The van der Waals surface area contributed by atoms with Gasteiger partial charge in [0.15, 0.2) is 5.78 Å². The van der Waals surface area contributed by atoms with Crippen molar-refractivity contribution in [1.82, 2.24) is 0 Å². The molecule has 13 heteroatoms. The number of aryl methyl sites for hydroxylation is 1. The number of carbonyl (C=O) groups is 1. The number of hydrogen-bond acceptors (Lipinski definition) is 13. The number of phenols is 3. The second-order valence-electron chi connectivity index (χ2n) is 10.6. The van der Waals surface area contributed by atoms with E-state index in [-0.39, 0.29) is 36.3 Å². The standard InChI is InChI=1S/C28H36O13/c1-12-8-19(23(35)25(37)22(12)34)40-27-26(38)24(36)20(11-29)41-28(27)39-15-9-17(32)21(18(33)10-15)16(31)7-4-13-2-5-14(30)6-3-13/h2-3,5-6,9-10,12,19-20,22-30,32-38H,4,7-8,11H2,1H3/t12-,19-,20?,22+,23+,24+,25-,26-,27+,28+/m1/s1. The maximum Gasteiger partial charge on any atom is 0.229 e. The molecule has 13 nitrogen and oxygen atoms in total. The quantitative estimate of drug-likeness (QED) is 0.168. The van der Waals surface area contributed by atoms with Gasteiger partial charge >= 0.3 is 0 Å². The maximum atomic E-state index is 12.8. The zero-order valence-electron chi connectivity index (χ0n) is 22.2. The first-order chi connectivity index (χ1) is 19.4. The van der Waals surface area contributed by atoms with Gasteiger partial charge in [0, 0.05) is 18.6 Å². The van der Waals surface area contributed by atoms with E-state index in [1.54, 1.807) is 19.1 Å². The van der Waals surface area contributed by atoms with Crippen LogP contribution >= 0.6 is 0 Å². The number of benzene rings is 2. The Kier molecular flexibility index (Phi) is 9.72. The summed E-state index contributed by atoms with van der Waals surface area (Å²) >= 11 is 0. The lowest BCUT2D eigenvalue weighted by molar-refractivity contribution is -0.307. The molecule has 9 N–H and O–H groups in total. The number of aromatic hydroxyl groups is 3. The van der Waals surface area contributed by atoms with E-state index >= 15 is 0 Å². The van der Waals surface area contributed by atoms with Gasteiger partial charge in [-0.1, -0.05) is 19.1 Å². The second-order valence-corrected chi connectivity index (χ2v) is 10.6. The lowest BCUT2D eigenvalue weighted by Gasteiger charge is -2.45. The summed E-state index contributed by atoms with van der Waals surface area (Å²) < 4.78 is 17.2. The third kappa shape index (κ3) is 6.74. The summed E-state index contributed by atoms with van der Waals surface area (Å²) in [6, 6.07) is 8.31. The molecule has 4 rings (SSSR count). The highest BCUT2D eigenvalue weighted by atomic mass is 16.7. The van der Waals surface area contributed by atoms with Crippen molar-refractivity contribution in [3.05, 3.63) is 47.5 Å². The average molecular weight is 581 g/mol. The van der Waals surface area contributed by atoms with Crippen LogP contribution in [0, 0.1) is 5.92 Å². The normalized spacial score (nSPS) is 33.8. The fourth-order valence-electron chi connectivity index (χ4n) is 5.16. The van der Waals surface area contributed by atoms with Crippen LogP contribution in [0.25, 0.3) is 0 Å². The van der Waals surface area contributed by atoms with Crippen molar-refractivity contribution >= 4 is 5.78 Å². The number of Topliss-reactive ketones (excluding diaryl/α,β-unsaturated/α-hetero) is 1. The summed E-state index contributed by atoms with van der Waals surface area (Å²) in [6.45, 7) is 0.928. The largest absolute Gasteiger partial charge is 0.508 e. The van der Waals surface area contributed by atoms with Crippen LogP contribution in [0.4, 0.5) is 0 Å². The van der Waals surface area contributed by atoms with Gasteiger partial charge in [-0.05, 0) is 36.5 Å². The Morgan fingerprint density at radius 2 is 1.54 bits per heavy atom. The van der Waals surface area contributed by atoms with Gasteiger partial charge in [-0.15, -0.1) is 0 Å². The van der Waals surface area contributed by atoms with Gasteiger partial charge in [0.05, 0.1) is 18.8 Å². The molecule has 2 aromatic rings. The lowest BCUT2D eigenvalue weighted by Crippen LogP contribution is -2.63. The maximum absolute atomic E-state index is 12.8. The second kappa shape index (κ2) is 12.9. The first kappa shape index (κ1) is 30.9. The Morgan fingerprint density at radius 3 is 2.15 bits per heavy atom. The Hall–Kier alpha value is -3.01. The monoisotopic (exact) mass is 580 g/mol. The van der Waals surface area contributed by atoms with Crippen LogP contribution < -0.4 is 4.74 Å². The van der Waals surface area contributed by atoms with Crippen LogP contribution in [-0.4, -0.2) is 113 Å². The highest BCUT2D eigenvalue weighted by Crippen LogP contribution is 2.37. The number of rotatable bonds is 9. The van der Waals surface area contributed by atoms with E-state index in [0.29, 0.717) is 0 Å². The van der Waals surface area contributed by atoms with Gasteiger partial charge in [0.2, 0.25) is 6.29 Å². The Bertz CT molecular complexity index is 1170. The van der Waals surface area contributed by atoms with E-state index in [9.17, 15) is 50.8 Å². The van der Waals surface area contributed by atoms with Crippen molar-refractivity contribution in [2.24, 2.45) is 5.92 Å². The number of ether oxygens (including phenoxy) is 3. The molecule has 226 valence electrons. The molecule has 2 aromatic carbocycles. The van der Waals surface area contributed by atoms with Crippen molar-refractivity contribution in [3.63, 3.8) is 0 Å². The number of aliphatic hydroxyl groups excluding tert-OH is 6. The average Bonchev–Trinajstić information content (AvgIpc) is 2.93. The van der Waals surface area contributed by atoms with Gasteiger partial charge in [0.25, 0.3) is 0 Å². The van der Waals surface area contributed by atoms with Crippen molar-refractivity contribution in [1.29, 1.82) is 0 Å². The third-order valence-corrected chi connectivity index (χ3v) is 7.60. The van der Waals surface area contributed by atoms with Gasteiger partial charge in [0.1, 0.15) is 65.2 Å². The van der Waals surface area contributed by atoms with Crippen LogP contribution in [0.5, 0.6) is 23.0 Å². The minimum atomic E-state index is -1.69. The van der Waals surface area contributed by atoms with Gasteiger partial charge in [-0.2, -0.15) is 0 Å². The molecule has 2 fully saturated rings. The Labute approximate surface area is 235 Å². The van der Waals surface area contributed by atoms with E-state index in [4.69, 9.17) is 14.2 Å². The molecule has 1 saturated heterocycles. The molecule has 1 unspecified atom stereocenters. The molecule has 1 aliphatic heterocycles. The van der Waals surface area contributed by atoms with E-state index in [1.807, 2.05) is 0 Å². The molecular formula is C28H36O13. The molecule has 10 atom stereocenters. The number of hydrogen-bond donors (Lipinski definition) is 9. The molecule has 0 amide bonds. The zero-order chi connectivity index (χ0) is 30.0. The minimum Gasteiger partial charge on any atom is -0.508 e. The SMILES string of the molecule is C[C@@H]1C[C@@H](O[C@@H]2[C@@H](Oc3cc(O)c(C(=O)CCc4ccc(O)cc4)c(O)c3)OC(CO)[C@H](O)[C@H]2O)[C@H](O)[C@H](O)[C@H]1O. The van der Waals surface area contributed by atoms with E-state index in [2.05, 4.69) is 0 Å². The number of aliphatic hydroxyl groups is 6. The molecule has 1 heterocycles. The summed E-state index contributed by atoms with van der Waals surface area (Å²) in [7, 11) is 0. The molecule has 0 bridgehead atoms. The van der Waals surface area contributed by atoms with E-state index in [1.165, 1.54) is 12.1 Å². The first-order valence-electron chi connectivity index (χ1n) is 13.3.